The summed E-state index contributed by atoms with van der Waals surface area (Å²) < 4.78 is 5.34. The highest BCUT2D eigenvalue weighted by molar-refractivity contribution is 5.95. The zero-order chi connectivity index (χ0) is 18.9. The van der Waals surface area contributed by atoms with E-state index in [1.807, 2.05) is 0 Å². The van der Waals surface area contributed by atoms with Crippen molar-refractivity contribution in [3.8, 4) is 0 Å². The van der Waals surface area contributed by atoms with Crippen LogP contribution in [0.2, 0.25) is 0 Å². The molecule has 10 nitrogen and oxygen atoms in total. The summed E-state index contributed by atoms with van der Waals surface area (Å²) in [5, 5.41) is 3.22. The maximum absolute atomic E-state index is 12.1. The zero-order valence-electron chi connectivity index (χ0n) is 15.0. The molecular formula is C17H24N8O2. The van der Waals surface area contributed by atoms with Crippen molar-refractivity contribution < 1.29 is 9.53 Å². The van der Waals surface area contributed by atoms with Gasteiger partial charge in [-0.15, -0.1) is 0 Å². The monoisotopic (exact) mass is 372 g/mol. The lowest BCUT2D eigenvalue weighted by Crippen LogP contribution is -2.37. The number of amides is 1. The van der Waals surface area contributed by atoms with Crippen molar-refractivity contribution in [1.82, 2.24) is 25.3 Å². The number of ether oxygens (including phenoxy) is 1. The number of pyridine rings is 1. The number of hydrogen-bond acceptors (Lipinski definition) is 9. The summed E-state index contributed by atoms with van der Waals surface area (Å²) in [4.78, 5) is 26.5. The van der Waals surface area contributed by atoms with E-state index >= 15 is 0 Å². The Bertz CT molecular complexity index is 737. The summed E-state index contributed by atoms with van der Waals surface area (Å²) in [6.07, 6.45) is 5.45. The van der Waals surface area contributed by atoms with Crippen molar-refractivity contribution in [1.29, 1.82) is 0 Å². The summed E-state index contributed by atoms with van der Waals surface area (Å²) in [6, 6.07) is 3.23. The molecule has 3 heterocycles. The van der Waals surface area contributed by atoms with E-state index in [9.17, 15) is 4.79 Å². The second kappa shape index (κ2) is 9.64. The fourth-order valence-corrected chi connectivity index (χ4v) is 2.66. The Balaban J connectivity index is 1.47. The number of morpholine rings is 1. The Kier molecular flexibility index (Phi) is 6.72. The van der Waals surface area contributed by atoms with Crippen molar-refractivity contribution in [3.05, 3.63) is 36.4 Å². The molecule has 3 rings (SSSR count). The number of hydrogen-bond donors (Lipinski definition) is 4. The lowest BCUT2D eigenvalue weighted by molar-refractivity contribution is 0.0378. The van der Waals surface area contributed by atoms with E-state index in [-0.39, 0.29) is 5.91 Å². The third-order valence-electron chi connectivity index (χ3n) is 4.17. The summed E-state index contributed by atoms with van der Waals surface area (Å²) >= 11 is 0. The van der Waals surface area contributed by atoms with E-state index in [2.05, 4.69) is 36.0 Å². The average molecular weight is 372 g/mol. The van der Waals surface area contributed by atoms with Gasteiger partial charge in [0.2, 0.25) is 0 Å². The standard InChI is InChI=1S/C17H24N8O2/c18-14-15(20-4-1-7-25-8-10-27-11-9-25)21-12-22-16(14)23-24-17(26)13-2-5-19-6-3-13/h2-3,5-6,12H,1,4,7-11,18H2,(H,24,26)(H2,20,21,22,23). The number of nitrogens with one attached hydrogen (secondary N) is 3. The predicted molar refractivity (Wildman–Crippen MR) is 102 cm³/mol. The minimum absolute atomic E-state index is 0.310. The van der Waals surface area contributed by atoms with Crippen LogP contribution in [0.5, 0.6) is 0 Å². The van der Waals surface area contributed by atoms with Crippen molar-refractivity contribution in [3.63, 3.8) is 0 Å². The Morgan fingerprint density at radius 1 is 1.19 bits per heavy atom. The molecule has 0 radical (unpaired) electrons. The Morgan fingerprint density at radius 2 is 1.93 bits per heavy atom. The molecule has 144 valence electrons. The molecular weight excluding hydrogens is 348 g/mol. The molecule has 0 atom stereocenters. The lowest BCUT2D eigenvalue weighted by Gasteiger charge is -2.26. The molecule has 1 aliphatic rings. The Hall–Kier alpha value is -2.98. The SMILES string of the molecule is Nc1c(NCCCN2CCOCC2)ncnc1NNC(=O)c1ccncc1. The van der Waals surface area contributed by atoms with E-state index in [4.69, 9.17) is 10.5 Å². The van der Waals surface area contributed by atoms with E-state index in [1.165, 1.54) is 6.33 Å². The molecule has 0 saturated carbocycles. The quantitative estimate of drug-likeness (QED) is 0.383. The Labute approximate surface area is 157 Å². The number of anilines is 3. The van der Waals surface area contributed by atoms with Gasteiger partial charge in [-0.1, -0.05) is 0 Å². The molecule has 0 bridgehead atoms. The first-order valence-electron chi connectivity index (χ1n) is 8.85. The number of aromatic nitrogens is 3. The predicted octanol–water partition coefficient (Wildman–Crippen LogP) is 0.345. The zero-order valence-corrected chi connectivity index (χ0v) is 15.0. The smallest absolute Gasteiger partial charge is 0.269 e. The van der Waals surface area contributed by atoms with Crippen LogP contribution >= 0.6 is 0 Å². The van der Waals surface area contributed by atoms with Gasteiger partial charge in [-0.05, 0) is 25.1 Å². The third-order valence-corrected chi connectivity index (χ3v) is 4.17. The summed E-state index contributed by atoms with van der Waals surface area (Å²) in [5.41, 5.74) is 12.2. The van der Waals surface area contributed by atoms with Gasteiger partial charge < -0.3 is 15.8 Å². The maximum atomic E-state index is 12.1. The maximum Gasteiger partial charge on any atom is 0.269 e. The number of rotatable bonds is 8. The van der Waals surface area contributed by atoms with Gasteiger partial charge >= 0.3 is 0 Å². The molecule has 0 aliphatic carbocycles. The second-order valence-corrected chi connectivity index (χ2v) is 6.03. The average Bonchev–Trinajstić information content (AvgIpc) is 2.72. The minimum Gasteiger partial charge on any atom is -0.393 e. The van der Waals surface area contributed by atoms with E-state index < -0.39 is 0 Å². The van der Waals surface area contributed by atoms with Crippen LogP contribution in [0.4, 0.5) is 17.3 Å². The van der Waals surface area contributed by atoms with E-state index in [0.717, 1.165) is 45.8 Å². The van der Waals surface area contributed by atoms with Crippen molar-refractivity contribution >= 4 is 23.2 Å². The molecule has 5 N–H and O–H groups in total. The van der Waals surface area contributed by atoms with Gasteiger partial charge in [-0.2, -0.15) is 0 Å². The van der Waals surface area contributed by atoms with Gasteiger partial charge in [0, 0.05) is 37.6 Å². The van der Waals surface area contributed by atoms with Crippen molar-refractivity contribution in [2.75, 3.05) is 55.9 Å². The molecule has 2 aromatic heterocycles. The summed E-state index contributed by atoms with van der Waals surface area (Å²) in [7, 11) is 0. The summed E-state index contributed by atoms with van der Waals surface area (Å²) in [6.45, 7) is 5.27. The van der Waals surface area contributed by atoms with Gasteiger partial charge in [0.15, 0.2) is 11.6 Å². The normalized spacial score (nSPS) is 14.5. The number of hydrazine groups is 1. The number of carbonyl (C=O) groups is 1. The van der Waals surface area contributed by atoms with Gasteiger partial charge in [0.1, 0.15) is 12.0 Å². The highest BCUT2D eigenvalue weighted by Gasteiger charge is 2.11. The first-order chi connectivity index (χ1) is 13.2. The number of carbonyl (C=O) groups excluding carboxylic acids is 1. The van der Waals surface area contributed by atoms with Crippen LogP contribution in [-0.4, -0.2) is 65.2 Å². The number of nitrogens with two attached hydrogens (primary N) is 1. The van der Waals surface area contributed by atoms with Gasteiger partial charge in [0.05, 0.1) is 13.2 Å². The molecule has 2 aromatic rings. The van der Waals surface area contributed by atoms with Gasteiger partial charge in [-0.3, -0.25) is 25.5 Å². The topological polar surface area (TPSA) is 130 Å². The fourth-order valence-electron chi connectivity index (χ4n) is 2.66. The number of nitrogen functional groups attached to an aromatic ring is 1. The minimum atomic E-state index is -0.310. The Morgan fingerprint density at radius 3 is 2.70 bits per heavy atom. The van der Waals surface area contributed by atoms with E-state index in [1.54, 1.807) is 24.5 Å². The highest BCUT2D eigenvalue weighted by Crippen LogP contribution is 2.21. The van der Waals surface area contributed by atoms with Gasteiger partial charge in [0.25, 0.3) is 5.91 Å². The van der Waals surface area contributed by atoms with Crippen LogP contribution in [0.1, 0.15) is 16.8 Å². The first kappa shape index (κ1) is 18.8. The highest BCUT2D eigenvalue weighted by atomic mass is 16.5. The van der Waals surface area contributed by atoms with Crippen LogP contribution < -0.4 is 21.9 Å². The van der Waals surface area contributed by atoms with Crippen molar-refractivity contribution in [2.45, 2.75) is 6.42 Å². The largest absolute Gasteiger partial charge is 0.393 e. The lowest BCUT2D eigenvalue weighted by atomic mass is 10.3. The first-order valence-corrected chi connectivity index (χ1v) is 8.85. The van der Waals surface area contributed by atoms with Crippen LogP contribution in [0.3, 0.4) is 0 Å². The molecule has 1 saturated heterocycles. The van der Waals surface area contributed by atoms with Crippen LogP contribution in [0, 0.1) is 0 Å². The van der Waals surface area contributed by atoms with E-state index in [0.29, 0.717) is 22.9 Å². The second-order valence-electron chi connectivity index (χ2n) is 6.03. The number of nitrogens with zero attached hydrogens (tertiary/aromatic N) is 4. The van der Waals surface area contributed by atoms with Crippen LogP contribution in [0.15, 0.2) is 30.9 Å². The molecule has 10 heteroatoms. The molecule has 0 spiro atoms. The molecule has 1 aliphatic heterocycles. The van der Waals surface area contributed by atoms with Crippen molar-refractivity contribution in [2.24, 2.45) is 0 Å². The third kappa shape index (κ3) is 5.50. The molecule has 27 heavy (non-hydrogen) atoms. The van der Waals surface area contributed by atoms with Crippen LogP contribution in [0.25, 0.3) is 0 Å². The molecule has 0 unspecified atom stereocenters. The molecule has 1 fully saturated rings. The molecule has 1 amide bonds. The summed E-state index contributed by atoms with van der Waals surface area (Å²) in [5.74, 6) is 0.561. The fraction of sp³-hybridized carbons (Fsp3) is 0.412. The molecule has 0 aromatic carbocycles. The van der Waals surface area contributed by atoms with Gasteiger partial charge in [-0.25, -0.2) is 9.97 Å². The van der Waals surface area contributed by atoms with Crippen LogP contribution in [-0.2, 0) is 4.74 Å².